The molecular weight excluding hydrogens is 424 g/mol. The molecule has 0 saturated heterocycles. The van der Waals surface area contributed by atoms with Crippen molar-refractivity contribution in [3.63, 3.8) is 0 Å². The van der Waals surface area contributed by atoms with Crippen molar-refractivity contribution in [2.45, 2.75) is 0 Å². The van der Waals surface area contributed by atoms with E-state index in [4.69, 9.17) is 9.47 Å². The largest absolute Gasteiger partial charge is 0.508 e. The molecule has 1 amide bonds. The van der Waals surface area contributed by atoms with Crippen LogP contribution in [0, 0.1) is 0 Å². The summed E-state index contributed by atoms with van der Waals surface area (Å²) in [5.41, 5.74) is 3.96. The van der Waals surface area contributed by atoms with Crippen molar-refractivity contribution in [1.29, 1.82) is 0 Å². The summed E-state index contributed by atoms with van der Waals surface area (Å²) < 4.78 is 10.9. The van der Waals surface area contributed by atoms with Gasteiger partial charge < -0.3 is 19.6 Å². The SMILES string of the molecule is COc1cc(-c2nc3ccccc3c(=O)[nH]2)ccc1OCC(=O)N/N=C/c1cccc(O)c1. The third-order valence-electron chi connectivity index (χ3n) is 4.68. The molecule has 0 spiro atoms. The molecule has 0 saturated carbocycles. The molecule has 9 heteroatoms. The molecule has 0 aliphatic carbocycles. The Morgan fingerprint density at radius 2 is 1.97 bits per heavy atom. The number of ether oxygens (including phenoxy) is 2. The van der Waals surface area contributed by atoms with E-state index in [2.05, 4.69) is 20.5 Å². The number of benzene rings is 3. The Balaban J connectivity index is 1.44. The Morgan fingerprint density at radius 1 is 1.12 bits per heavy atom. The van der Waals surface area contributed by atoms with Gasteiger partial charge in [0, 0.05) is 5.56 Å². The highest BCUT2D eigenvalue weighted by molar-refractivity contribution is 5.83. The van der Waals surface area contributed by atoms with E-state index in [0.29, 0.717) is 39.4 Å². The van der Waals surface area contributed by atoms with Crippen LogP contribution < -0.4 is 20.5 Å². The zero-order valence-corrected chi connectivity index (χ0v) is 17.6. The lowest BCUT2D eigenvalue weighted by molar-refractivity contribution is -0.123. The summed E-state index contributed by atoms with van der Waals surface area (Å²) >= 11 is 0. The molecule has 3 aromatic carbocycles. The Morgan fingerprint density at radius 3 is 2.79 bits per heavy atom. The molecule has 4 rings (SSSR count). The molecule has 0 unspecified atom stereocenters. The van der Waals surface area contributed by atoms with Gasteiger partial charge >= 0.3 is 0 Å². The molecule has 0 aliphatic rings. The van der Waals surface area contributed by atoms with Gasteiger partial charge in [-0.15, -0.1) is 0 Å². The number of carbonyl (C=O) groups excluding carboxylic acids is 1. The molecule has 33 heavy (non-hydrogen) atoms. The van der Waals surface area contributed by atoms with E-state index < -0.39 is 5.91 Å². The maximum atomic E-state index is 12.3. The van der Waals surface area contributed by atoms with Crippen LogP contribution in [0.25, 0.3) is 22.3 Å². The fraction of sp³-hybridized carbons (Fsp3) is 0.0833. The third-order valence-corrected chi connectivity index (χ3v) is 4.68. The number of aromatic nitrogens is 2. The molecule has 3 N–H and O–H groups in total. The molecule has 0 aliphatic heterocycles. The molecule has 0 bridgehead atoms. The lowest BCUT2D eigenvalue weighted by Gasteiger charge is -2.11. The number of methoxy groups -OCH3 is 1. The van der Waals surface area contributed by atoms with Crippen LogP contribution in [0.1, 0.15) is 5.56 Å². The first-order valence-electron chi connectivity index (χ1n) is 9.95. The number of carbonyl (C=O) groups is 1. The van der Waals surface area contributed by atoms with Gasteiger partial charge in [0.15, 0.2) is 18.1 Å². The summed E-state index contributed by atoms with van der Waals surface area (Å²) in [4.78, 5) is 31.7. The number of aromatic hydroxyl groups is 1. The number of para-hydroxylation sites is 1. The van der Waals surface area contributed by atoms with Gasteiger partial charge in [0.25, 0.3) is 11.5 Å². The predicted octanol–water partition coefficient (Wildman–Crippen LogP) is 2.83. The Bertz CT molecular complexity index is 1400. The Kier molecular flexibility index (Phi) is 6.31. The van der Waals surface area contributed by atoms with Gasteiger partial charge in [0.2, 0.25) is 0 Å². The molecule has 1 aromatic heterocycles. The Hall–Kier alpha value is -4.66. The number of phenols is 1. The van der Waals surface area contributed by atoms with Gasteiger partial charge in [0.1, 0.15) is 11.6 Å². The highest BCUT2D eigenvalue weighted by Gasteiger charge is 2.12. The van der Waals surface area contributed by atoms with E-state index >= 15 is 0 Å². The molecule has 0 atom stereocenters. The summed E-state index contributed by atoms with van der Waals surface area (Å²) in [6, 6.07) is 18.5. The summed E-state index contributed by atoms with van der Waals surface area (Å²) in [5.74, 6) is 0.739. The molecule has 4 aromatic rings. The number of amides is 1. The number of aromatic amines is 1. The maximum absolute atomic E-state index is 12.3. The number of nitrogens with zero attached hydrogens (tertiary/aromatic N) is 2. The van der Waals surface area contributed by atoms with Crippen molar-refractivity contribution in [2.24, 2.45) is 5.10 Å². The van der Waals surface area contributed by atoms with E-state index in [-0.39, 0.29) is 17.9 Å². The number of rotatable bonds is 7. The third kappa shape index (κ3) is 5.16. The van der Waals surface area contributed by atoms with Crippen molar-refractivity contribution >= 4 is 23.0 Å². The van der Waals surface area contributed by atoms with Gasteiger partial charge in [-0.05, 0) is 48.0 Å². The number of fused-ring (bicyclic) bond motifs is 1. The van der Waals surface area contributed by atoms with Crippen molar-refractivity contribution in [1.82, 2.24) is 15.4 Å². The number of hydrogen-bond donors (Lipinski definition) is 3. The van der Waals surface area contributed by atoms with Gasteiger partial charge in [0.05, 0.1) is 24.2 Å². The second-order valence-electron chi connectivity index (χ2n) is 6.97. The van der Waals surface area contributed by atoms with Crippen LogP contribution in [0.15, 0.2) is 76.6 Å². The summed E-state index contributed by atoms with van der Waals surface area (Å²) in [6.07, 6.45) is 1.41. The topological polar surface area (TPSA) is 126 Å². The molecule has 166 valence electrons. The van der Waals surface area contributed by atoms with Gasteiger partial charge in [-0.2, -0.15) is 5.10 Å². The lowest BCUT2D eigenvalue weighted by atomic mass is 10.1. The maximum Gasteiger partial charge on any atom is 0.277 e. The number of phenolic OH excluding ortho intramolecular Hbond substituents is 1. The van der Waals surface area contributed by atoms with Crippen molar-refractivity contribution in [3.05, 3.63) is 82.6 Å². The van der Waals surface area contributed by atoms with Gasteiger partial charge in [-0.1, -0.05) is 24.3 Å². The average Bonchev–Trinajstić information content (AvgIpc) is 2.82. The molecule has 9 nitrogen and oxygen atoms in total. The Labute approximate surface area is 188 Å². The summed E-state index contributed by atoms with van der Waals surface area (Å²) in [7, 11) is 1.47. The van der Waals surface area contributed by atoms with Crippen LogP contribution in [-0.4, -0.2) is 40.9 Å². The normalized spacial score (nSPS) is 10.9. The molecule has 0 fully saturated rings. The predicted molar refractivity (Wildman–Crippen MR) is 124 cm³/mol. The first-order chi connectivity index (χ1) is 16.0. The van der Waals surface area contributed by atoms with Crippen LogP contribution in [0.5, 0.6) is 17.2 Å². The molecule has 0 radical (unpaired) electrons. The first-order valence-corrected chi connectivity index (χ1v) is 9.95. The van der Waals surface area contributed by atoms with Crippen LogP contribution in [0.2, 0.25) is 0 Å². The summed E-state index contributed by atoms with van der Waals surface area (Å²) in [6.45, 7) is -0.294. The number of hydrogen-bond acceptors (Lipinski definition) is 7. The highest BCUT2D eigenvalue weighted by Crippen LogP contribution is 2.31. The standard InChI is InChI=1S/C24H20N4O5/c1-32-21-12-16(23-26-19-8-3-2-7-18(19)24(31)27-23)9-10-20(21)33-14-22(30)28-25-13-15-5-4-6-17(29)11-15/h2-13,29H,14H2,1H3,(H,28,30)(H,26,27,31)/b25-13+. The van der Waals surface area contributed by atoms with E-state index in [1.807, 2.05) is 6.07 Å². The minimum Gasteiger partial charge on any atom is -0.508 e. The van der Waals surface area contributed by atoms with Crippen LogP contribution in [0.4, 0.5) is 0 Å². The minimum atomic E-state index is -0.474. The second kappa shape index (κ2) is 9.65. The monoisotopic (exact) mass is 444 g/mol. The van der Waals surface area contributed by atoms with Crippen LogP contribution in [0.3, 0.4) is 0 Å². The van der Waals surface area contributed by atoms with Gasteiger partial charge in [-0.3, -0.25) is 9.59 Å². The zero-order valence-electron chi connectivity index (χ0n) is 17.6. The number of nitrogens with one attached hydrogen (secondary N) is 2. The minimum absolute atomic E-state index is 0.104. The fourth-order valence-electron chi connectivity index (χ4n) is 3.12. The van der Waals surface area contributed by atoms with Gasteiger partial charge in [-0.25, -0.2) is 10.4 Å². The number of H-pyrrole nitrogens is 1. The van der Waals surface area contributed by atoms with Crippen molar-refractivity contribution in [3.8, 4) is 28.6 Å². The highest BCUT2D eigenvalue weighted by atomic mass is 16.5. The number of hydrazone groups is 1. The van der Waals surface area contributed by atoms with E-state index in [1.54, 1.807) is 48.5 Å². The second-order valence-corrected chi connectivity index (χ2v) is 6.97. The van der Waals surface area contributed by atoms with Crippen LogP contribution in [-0.2, 0) is 4.79 Å². The summed E-state index contributed by atoms with van der Waals surface area (Å²) in [5, 5.41) is 13.8. The first kappa shape index (κ1) is 21.6. The van der Waals surface area contributed by atoms with E-state index in [0.717, 1.165) is 0 Å². The molecular formula is C24H20N4O5. The van der Waals surface area contributed by atoms with Crippen molar-refractivity contribution in [2.75, 3.05) is 13.7 Å². The average molecular weight is 444 g/mol. The fourth-order valence-corrected chi connectivity index (χ4v) is 3.12. The smallest absolute Gasteiger partial charge is 0.277 e. The van der Waals surface area contributed by atoms with Crippen LogP contribution >= 0.6 is 0 Å². The van der Waals surface area contributed by atoms with E-state index in [1.165, 1.54) is 25.5 Å². The molecule has 1 heterocycles. The van der Waals surface area contributed by atoms with Crippen molar-refractivity contribution < 1.29 is 19.4 Å². The van der Waals surface area contributed by atoms with E-state index in [9.17, 15) is 14.7 Å². The lowest BCUT2D eigenvalue weighted by Crippen LogP contribution is -2.24. The zero-order chi connectivity index (χ0) is 23.2. The quantitative estimate of drug-likeness (QED) is 0.297.